The van der Waals surface area contributed by atoms with Crippen LogP contribution >= 0.6 is 0 Å². The summed E-state index contributed by atoms with van der Waals surface area (Å²) in [5.41, 5.74) is 9.59. The monoisotopic (exact) mass is 434 g/mol. The van der Waals surface area contributed by atoms with Crippen LogP contribution in [0, 0.1) is 34.5 Å². The van der Waals surface area contributed by atoms with E-state index in [2.05, 4.69) is 32.3 Å². The van der Waals surface area contributed by atoms with Gasteiger partial charge in [0, 0.05) is 12.0 Å². The summed E-state index contributed by atoms with van der Waals surface area (Å²) < 4.78 is 0. The van der Waals surface area contributed by atoms with Crippen molar-refractivity contribution in [2.75, 3.05) is 19.7 Å². The van der Waals surface area contributed by atoms with E-state index in [1.54, 1.807) is 0 Å². The predicted molar refractivity (Wildman–Crippen MR) is 124 cm³/mol. The lowest BCUT2D eigenvalue weighted by atomic mass is 9.43. The average Bonchev–Trinajstić information content (AvgIpc) is 2.99. The average molecular weight is 435 g/mol. The minimum atomic E-state index is -0.549. The molecule has 0 amide bonds. The highest BCUT2D eigenvalue weighted by Gasteiger charge is 2.66. The fraction of sp³-hybridized carbons (Fsp3) is 0.923. The third-order valence-electron chi connectivity index (χ3n) is 10.3. The summed E-state index contributed by atoms with van der Waals surface area (Å²) in [5, 5.41) is 22.5. The topological polar surface area (TPSA) is 87.7 Å². The molecule has 5 heteroatoms. The molecule has 4 rings (SSSR count). The molecule has 5 nitrogen and oxygen atoms in total. The first kappa shape index (κ1) is 23.7. The first-order chi connectivity index (χ1) is 14.7. The maximum atomic E-state index is 12.2. The zero-order valence-electron chi connectivity index (χ0n) is 20.0. The summed E-state index contributed by atoms with van der Waals surface area (Å²) in [6.07, 6.45) is 12.9. The van der Waals surface area contributed by atoms with Crippen molar-refractivity contribution in [1.82, 2.24) is 5.48 Å². The second-order valence-corrected chi connectivity index (χ2v) is 11.8. The van der Waals surface area contributed by atoms with E-state index in [1.807, 2.05) is 0 Å². The quantitative estimate of drug-likeness (QED) is 0.277. The molecule has 0 saturated heterocycles. The number of hydrogen-bond donors (Lipinski definition) is 4. The fourth-order valence-electron chi connectivity index (χ4n) is 8.31. The lowest BCUT2D eigenvalue weighted by Crippen LogP contribution is -2.62. The third kappa shape index (κ3) is 4.03. The predicted octanol–water partition coefficient (Wildman–Crippen LogP) is 3.94. The molecule has 4 fully saturated rings. The van der Waals surface area contributed by atoms with Crippen LogP contribution in [0.3, 0.4) is 0 Å². The minimum absolute atomic E-state index is 0.0345. The van der Waals surface area contributed by atoms with Gasteiger partial charge >= 0.3 is 0 Å². The Morgan fingerprint density at radius 1 is 1.10 bits per heavy atom. The van der Waals surface area contributed by atoms with Gasteiger partial charge in [-0.25, -0.2) is 0 Å². The largest absolute Gasteiger partial charge is 0.393 e. The van der Waals surface area contributed by atoms with Crippen molar-refractivity contribution in [2.45, 2.75) is 96.7 Å². The van der Waals surface area contributed by atoms with Gasteiger partial charge in [0.25, 0.3) is 0 Å². The number of rotatable bonds is 7. The second kappa shape index (κ2) is 9.06. The van der Waals surface area contributed by atoms with Crippen LogP contribution in [0.15, 0.2) is 11.6 Å². The summed E-state index contributed by atoms with van der Waals surface area (Å²) in [7, 11) is 0. The van der Waals surface area contributed by atoms with Gasteiger partial charge in [-0.3, -0.25) is 0 Å². The van der Waals surface area contributed by atoms with Crippen LogP contribution in [0.4, 0.5) is 0 Å². The Morgan fingerprint density at radius 2 is 1.90 bits per heavy atom. The van der Waals surface area contributed by atoms with Crippen LogP contribution in [0.1, 0.15) is 85.0 Å². The molecular formula is C26H46N2O3. The van der Waals surface area contributed by atoms with Crippen molar-refractivity contribution < 1.29 is 15.1 Å². The maximum Gasteiger partial charge on any atom is 0.0737 e. The highest BCUT2D eigenvalue weighted by Crippen LogP contribution is 2.69. The molecule has 0 aliphatic heterocycles. The number of hydroxylamine groups is 1. The molecule has 178 valence electrons. The highest BCUT2D eigenvalue weighted by atomic mass is 16.6. The Labute approximate surface area is 189 Å². The molecule has 0 spiro atoms. The van der Waals surface area contributed by atoms with E-state index in [0.717, 1.165) is 57.9 Å². The van der Waals surface area contributed by atoms with E-state index in [0.29, 0.717) is 42.2 Å². The highest BCUT2D eigenvalue weighted by molar-refractivity contribution is 5.21. The zero-order chi connectivity index (χ0) is 22.3. The molecule has 4 aliphatic rings. The molecule has 8 atom stereocenters. The second-order valence-electron chi connectivity index (χ2n) is 11.8. The first-order valence-corrected chi connectivity index (χ1v) is 12.9. The summed E-state index contributed by atoms with van der Waals surface area (Å²) in [4.78, 5) is 5.46. The van der Waals surface area contributed by atoms with E-state index < -0.39 is 5.60 Å². The normalized spacial score (nSPS) is 47.5. The molecule has 3 unspecified atom stereocenters. The Bertz CT molecular complexity index is 669. The van der Waals surface area contributed by atoms with Gasteiger partial charge in [-0.2, -0.15) is 5.48 Å². The van der Waals surface area contributed by atoms with Gasteiger partial charge in [-0.05, 0) is 107 Å². The van der Waals surface area contributed by atoms with Crippen LogP contribution in [0.5, 0.6) is 0 Å². The molecule has 0 aromatic rings. The fourth-order valence-corrected chi connectivity index (χ4v) is 8.31. The van der Waals surface area contributed by atoms with Crippen LogP contribution in [-0.2, 0) is 4.84 Å². The number of aliphatic hydroxyl groups is 2. The SMILES string of the molecule is C/C(=C\C1CC[C@@]2(O)[C@@H]3CCC4CC(O)CC[C@]4(C)[C@@H]3CC[C@]12C)CNOCCCN. The molecule has 0 bridgehead atoms. The van der Waals surface area contributed by atoms with E-state index in [1.165, 1.54) is 18.4 Å². The summed E-state index contributed by atoms with van der Waals surface area (Å²) in [5.74, 6) is 2.09. The number of allylic oxidation sites excluding steroid dienone is 1. The molecule has 0 aromatic heterocycles. The molecular weight excluding hydrogens is 388 g/mol. The molecule has 0 aromatic carbocycles. The van der Waals surface area contributed by atoms with Gasteiger partial charge in [0.05, 0.1) is 18.3 Å². The van der Waals surface area contributed by atoms with Crippen LogP contribution in [0.2, 0.25) is 0 Å². The third-order valence-corrected chi connectivity index (χ3v) is 10.3. The van der Waals surface area contributed by atoms with Crippen molar-refractivity contribution in [3.63, 3.8) is 0 Å². The molecule has 4 saturated carbocycles. The van der Waals surface area contributed by atoms with Gasteiger partial charge in [-0.1, -0.05) is 25.5 Å². The zero-order valence-corrected chi connectivity index (χ0v) is 20.0. The minimum Gasteiger partial charge on any atom is -0.393 e. The maximum absolute atomic E-state index is 12.2. The molecule has 5 N–H and O–H groups in total. The summed E-state index contributed by atoms with van der Waals surface area (Å²) >= 11 is 0. The van der Waals surface area contributed by atoms with Crippen molar-refractivity contribution in [2.24, 2.45) is 40.2 Å². The Balaban J connectivity index is 1.46. The van der Waals surface area contributed by atoms with E-state index in [-0.39, 0.29) is 11.5 Å². The smallest absolute Gasteiger partial charge is 0.0737 e. The molecule has 4 aliphatic carbocycles. The Morgan fingerprint density at radius 3 is 2.68 bits per heavy atom. The van der Waals surface area contributed by atoms with Crippen LogP contribution < -0.4 is 11.2 Å². The number of nitrogens with two attached hydrogens (primary N) is 1. The lowest BCUT2D eigenvalue weighted by molar-refractivity contribution is -0.207. The molecule has 0 heterocycles. The van der Waals surface area contributed by atoms with Crippen LogP contribution in [-0.4, -0.2) is 41.6 Å². The van der Waals surface area contributed by atoms with Gasteiger partial charge in [0.2, 0.25) is 0 Å². The van der Waals surface area contributed by atoms with E-state index in [9.17, 15) is 10.2 Å². The Kier molecular flexibility index (Phi) is 6.92. The molecule has 0 radical (unpaired) electrons. The van der Waals surface area contributed by atoms with Crippen molar-refractivity contribution in [1.29, 1.82) is 0 Å². The molecule has 31 heavy (non-hydrogen) atoms. The van der Waals surface area contributed by atoms with Crippen molar-refractivity contribution in [3.05, 3.63) is 11.6 Å². The number of fused-ring (bicyclic) bond motifs is 5. The number of aliphatic hydroxyl groups excluding tert-OH is 1. The van der Waals surface area contributed by atoms with Crippen molar-refractivity contribution >= 4 is 0 Å². The summed E-state index contributed by atoms with van der Waals surface area (Å²) in [6.45, 7) is 9.05. The van der Waals surface area contributed by atoms with Crippen LogP contribution in [0.25, 0.3) is 0 Å². The van der Waals surface area contributed by atoms with Crippen molar-refractivity contribution in [3.8, 4) is 0 Å². The first-order valence-electron chi connectivity index (χ1n) is 12.9. The van der Waals surface area contributed by atoms with E-state index in [4.69, 9.17) is 10.6 Å². The van der Waals surface area contributed by atoms with Gasteiger partial charge in [0.15, 0.2) is 0 Å². The van der Waals surface area contributed by atoms with Gasteiger partial charge in [0.1, 0.15) is 0 Å². The lowest BCUT2D eigenvalue weighted by Gasteiger charge is -2.63. The van der Waals surface area contributed by atoms with Gasteiger partial charge < -0.3 is 20.8 Å². The van der Waals surface area contributed by atoms with E-state index >= 15 is 0 Å². The Hall–Kier alpha value is -0.460. The van der Waals surface area contributed by atoms with Gasteiger partial charge in [-0.15, -0.1) is 0 Å². The number of nitrogens with one attached hydrogen (secondary N) is 1. The standard InChI is InChI=1S/C26H46N2O3/c1-18(17-28-31-14-4-13-27)15-20-7-12-26(30)23-6-5-19-16-21(29)8-10-24(19,2)22(23)9-11-25(20,26)3/h15,19-23,28-30H,4-14,16-17,27H2,1-3H3/b18-15+/t19?,20?,21?,22-,23-,24+,25-,26-/m1/s1. The summed E-state index contributed by atoms with van der Waals surface area (Å²) in [6, 6.07) is 0. The number of hydrogen-bond acceptors (Lipinski definition) is 5.